The zero-order valence-electron chi connectivity index (χ0n) is 15.4. The molecule has 0 aromatic heterocycles. The molecule has 26 heavy (non-hydrogen) atoms. The predicted octanol–water partition coefficient (Wildman–Crippen LogP) is 6.35. The first-order valence-electron chi connectivity index (χ1n) is 9.54. The monoisotopic (exact) mass is 342 g/mol. The van der Waals surface area contributed by atoms with Crippen LogP contribution >= 0.6 is 0 Å². The third-order valence-electron chi connectivity index (χ3n) is 5.59. The number of benzene rings is 3. The van der Waals surface area contributed by atoms with Gasteiger partial charge in [0.25, 0.3) is 0 Å². The minimum atomic E-state index is 0.208. The second-order valence-corrected chi connectivity index (χ2v) is 7.14. The van der Waals surface area contributed by atoms with Crippen molar-refractivity contribution in [3.05, 3.63) is 84.4 Å². The zero-order chi connectivity index (χ0) is 17.9. The zero-order valence-corrected chi connectivity index (χ0v) is 15.4. The summed E-state index contributed by atoms with van der Waals surface area (Å²) in [6.45, 7) is 4.64. The van der Waals surface area contributed by atoms with Gasteiger partial charge in [0.05, 0.1) is 6.17 Å². The lowest BCUT2D eigenvalue weighted by atomic mass is 9.79. The number of para-hydroxylation sites is 2. The van der Waals surface area contributed by atoms with Crippen LogP contribution in [0.4, 0.5) is 11.4 Å². The topological polar surface area (TPSA) is 24.1 Å². The first kappa shape index (κ1) is 16.7. The molecular formula is C24H26N2. The van der Waals surface area contributed by atoms with Gasteiger partial charge in [0.1, 0.15) is 0 Å². The molecule has 2 heteroatoms. The maximum absolute atomic E-state index is 3.79. The molecule has 0 saturated heterocycles. The number of anilines is 2. The fourth-order valence-corrected chi connectivity index (χ4v) is 4.17. The van der Waals surface area contributed by atoms with Gasteiger partial charge in [0, 0.05) is 22.9 Å². The van der Waals surface area contributed by atoms with Crippen molar-refractivity contribution in [2.45, 2.75) is 32.4 Å². The van der Waals surface area contributed by atoms with Gasteiger partial charge in [-0.05, 0) is 35.6 Å². The molecule has 2 nitrogen and oxygen atoms in total. The van der Waals surface area contributed by atoms with Crippen LogP contribution in [0.5, 0.6) is 0 Å². The lowest BCUT2D eigenvalue weighted by Gasteiger charge is -2.39. The molecule has 3 aromatic carbocycles. The Labute approximate surface area is 156 Å². The Morgan fingerprint density at radius 3 is 2.35 bits per heavy atom. The van der Waals surface area contributed by atoms with E-state index in [0.29, 0.717) is 11.8 Å². The van der Waals surface area contributed by atoms with E-state index in [1.807, 2.05) is 0 Å². The van der Waals surface area contributed by atoms with E-state index in [1.165, 1.54) is 28.1 Å². The van der Waals surface area contributed by atoms with Crippen LogP contribution in [0.25, 0.3) is 11.1 Å². The van der Waals surface area contributed by atoms with Gasteiger partial charge in [-0.15, -0.1) is 0 Å². The van der Waals surface area contributed by atoms with Gasteiger partial charge in [0.15, 0.2) is 0 Å². The van der Waals surface area contributed by atoms with Crippen molar-refractivity contribution in [3.8, 4) is 11.1 Å². The Hall–Kier alpha value is -2.74. The molecule has 0 fully saturated rings. The van der Waals surface area contributed by atoms with E-state index >= 15 is 0 Å². The molecule has 0 aliphatic carbocycles. The number of rotatable bonds is 4. The third kappa shape index (κ3) is 3.08. The molecule has 1 aliphatic heterocycles. The van der Waals surface area contributed by atoms with Gasteiger partial charge >= 0.3 is 0 Å². The smallest absolute Gasteiger partial charge is 0.0996 e. The number of fused-ring (bicyclic) bond motifs is 1. The van der Waals surface area contributed by atoms with Gasteiger partial charge in [-0.2, -0.15) is 0 Å². The second-order valence-electron chi connectivity index (χ2n) is 7.14. The van der Waals surface area contributed by atoms with Crippen molar-refractivity contribution >= 4 is 11.4 Å². The Bertz CT molecular complexity index is 872. The Balaban J connectivity index is 1.66. The average Bonchev–Trinajstić information content (AvgIpc) is 2.70. The molecule has 2 N–H and O–H groups in total. The Kier molecular flexibility index (Phi) is 4.66. The van der Waals surface area contributed by atoms with E-state index in [0.717, 1.165) is 6.42 Å². The summed E-state index contributed by atoms with van der Waals surface area (Å²) >= 11 is 0. The first-order valence-corrected chi connectivity index (χ1v) is 9.54. The number of nitrogens with one attached hydrogen (secondary N) is 2. The predicted molar refractivity (Wildman–Crippen MR) is 112 cm³/mol. The van der Waals surface area contributed by atoms with Crippen molar-refractivity contribution < 1.29 is 0 Å². The van der Waals surface area contributed by atoms with Crippen LogP contribution in [0, 0.1) is 5.92 Å². The Morgan fingerprint density at radius 1 is 0.846 bits per heavy atom. The molecule has 0 saturated carbocycles. The summed E-state index contributed by atoms with van der Waals surface area (Å²) in [4.78, 5) is 0. The second kappa shape index (κ2) is 7.25. The van der Waals surface area contributed by atoms with E-state index < -0.39 is 0 Å². The molecule has 3 atom stereocenters. The van der Waals surface area contributed by atoms with E-state index in [2.05, 4.69) is 103 Å². The summed E-state index contributed by atoms with van der Waals surface area (Å²) < 4.78 is 0. The van der Waals surface area contributed by atoms with Crippen LogP contribution in [-0.4, -0.2) is 6.17 Å². The largest absolute Gasteiger partial charge is 0.365 e. The lowest BCUT2D eigenvalue weighted by Crippen LogP contribution is -2.42. The SMILES string of the molecule is CCC1c2ccccc2NC(Nc2ccccc2-c2ccccc2)C1C. The molecule has 0 spiro atoms. The van der Waals surface area contributed by atoms with Crippen molar-refractivity contribution in [1.82, 2.24) is 0 Å². The highest BCUT2D eigenvalue weighted by Gasteiger charge is 2.32. The van der Waals surface area contributed by atoms with Crippen LogP contribution in [-0.2, 0) is 0 Å². The number of hydrogen-bond donors (Lipinski definition) is 2. The van der Waals surface area contributed by atoms with Gasteiger partial charge < -0.3 is 10.6 Å². The van der Waals surface area contributed by atoms with Gasteiger partial charge in [-0.3, -0.25) is 0 Å². The third-order valence-corrected chi connectivity index (χ3v) is 5.59. The maximum Gasteiger partial charge on any atom is 0.0996 e. The quantitative estimate of drug-likeness (QED) is 0.577. The molecule has 0 amide bonds. The van der Waals surface area contributed by atoms with Gasteiger partial charge in [0.2, 0.25) is 0 Å². The summed E-state index contributed by atoms with van der Waals surface area (Å²) in [5, 5.41) is 7.52. The molecule has 1 aliphatic rings. The summed E-state index contributed by atoms with van der Waals surface area (Å²) in [5.41, 5.74) is 6.36. The minimum Gasteiger partial charge on any atom is -0.365 e. The lowest BCUT2D eigenvalue weighted by molar-refractivity contribution is 0.396. The minimum absolute atomic E-state index is 0.208. The summed E-state index contributed by atoms with van der Waals surface area (Å²) in [6.07, 6.45) is 1.36. The van der Waals surface area contributed by atoms with Crippen molar-refractivity contribution in [2.75, 3.05) is 10.6 Å². The fourth-order valence-electron chi connectivity index (χ4n) is 4.17. The van der Waals surface area contributed by atoms with Crippen LogP contribution in [0.2, 0.25) is 0 Å². The average molecular weight is 342 g/mol. The van der Waals surface area contributed by atoms with Crippen LogP contribution in [0.1, 0.15) is 31.7 Å². The summed E-state index contributed by atoms with van der Waals surface area (Å²) in [7, 11) is 0. The molecule has 0 bridgehead atoms. The maximum atomic E-state index is 3.79. The van der Waals surface area contributed by atoms with Crippen LogP contribution in [0.3, 0.4) is 0 Å². The van der Waals surface area contributed by atoms with Crippen LogP contribution in [0.15, 0.2) is 78.9 Å². The van der Waals surface area contributed by atoms with E-state index in [1.54, 1.807) is 0 Å². The van der Waals surface area contributed by atoms with Crippen LogP contribution < -0.4 is 10.6 Å². The molecular weight excluding hydrogens is 316 g/mol. The van der Waals surface area contributed by atoms with E-state index in [9.17, 15) is 0 Å². The molecule has 0 radical (unpaired) electrons. The highest BCUT2D eigenvalue weighted by molar-refractivity contribution is 5.78. The van der Waals surface area contributed by atoms with Crippen molar-refractivity contribution in [1.29, 1.82) is 0 Å². The van der Waals surface area contributed by atoms with Gasteiger partial charge in [-0.1, -0.05) is 80.6 Å². The first-order chi connectivity index (χ1) is 12.8. The van der Waals surface area contributed by atoms with E-state index in [4.69, 9.17) is 0 Å². The molecule has 4 rings (SSSR count). The normalized spacial score (nSPS) is 21.5. The summed E-state index contributed by atoms with van der Waals surface area (Å²) in [6, 6.07) is 27.9. The molecule has 3 aromatic rings. The number of hydrogen-bond acceptors (Lipinski definition) is 2. The highest BCUT2D eigenvalue weighted by Crippen LogP contribution is 2.41. The Morgan fingerprint density at radius 2 is 1.54 bits per heavy atom. The van der Waals surface area contributed by atoms with Crippen molar-refractivity contribution in [2.24, 2.45) is 5.92 Å². The fraction of sp³-hybridized carbons (Fsp3) is 0.250. The molecule has 1 heterocycles. The summed E-state index contributed by atoms with van der Waals surface area (Å²) in [5.74, 6) is 1.06. The molecule has 132 valence electrons. The van der Waals surface area contributed by atoms with E-state index in [-0.39, 0.29) is 6.17 Å². The molecule has 3 unspecified atom stereocenters. The van der Waals surface area contributed by atoms with Crippen molar-refractivity contribution in [3.63, 3.8) is 0 Å². The highest BCUT2D eigenvalue weighted by atomic mass is 15.1. The van der Waals surface area contributed by atoms with Gasteiger partial charge in [-0.25, -0.2) is 0 Å². The standard InChI is InChI=1S/C24H26N2/c1-3-19-17(2)24(26-23-16-10-8-14-21(19)23)25-22-15-9-7-13-20(22)18-11-5-4-6-12-18/h4-17,19,24-26H,3H2,1-2H3.